The quantitative estimate of drug-likeness (QED) is 0.833. The van der Waals surface area contributed by atoms with E-state index in [4.69, 9.17) is 16.3 Å². The first-order valence-corrected chi connectivity index (χ1v) is 6.76. The van der Waals surface area contributed by atoms with Crippen LogP contribution >= 0.6 is 11.6 Å². The van der Waals surface area contributed by atoms with Crippen molar-refractivity contribution in [3.63, 3.8) is 0 Å². The molecular weight excluding hydrogens is 234 g/mol. The van der Waals surface area contributed by atoms with Crippen LogP contribution in [-0.4, -0.2) is 12.1 Å². The first kappa shape index (κ1) is 12.7. The predicted octanol–water partition coefficient (Wildman–Crippen LogP) is 3.77. The molecule has 0 spiro atoms. The predicted molar refractivity (Wildman–Crippen MR) is 71.7 cm³/mol. The standard InChI is InChI=1S/C14H20ClNO/c1-3-10(2)17-14-6-4-5-13(15)12(14)9-16-11-7-8-11/h4-6,10-11,16H,3,7-9H2,1-2H3. The lowest BCUT2D eigenvalue weighted by Crippen LogP contribution is -2.18. The van der Waals surface area contributed by atoms with Crippen molar-refractivity contribution >= 4 is 11.6 Å². The molecule has 0 bridgehead atoms. The van der Waals surface area contributed by atoms with E-state index in [9.17, 15) is 0 Å². The van der Waals surface area contributed by atoms with Gasteiger partial charge in [0.1, 0.15) is 5.75 Å². The maximum atomic E-state index is 6.24. The molecule has 2 nitrogen and oxygen atoms in total. The molecule has 0 aliphatic heterocycles. The van der Waals surface area contributed by atoms with E-state index < -0.39 is 0 Å². The highest BCUT2D eigenvalue weighted by molar-refractivity contribution is 6.31. The largest absolute Gasteiger partial charge is 0.490 e. The average Bonchev–Trinajstić information content (AvgIpc) is 3.12. The van der Waals surface area contributed by atoms with Gasteiger partial charge in [0, 0.05) is 23.2 Å². The first-order valence-electron chi connectivity index (χ1n) is 6.38. The number of halogens is 1. The number of hydrogen-bond donors (Lipinski definition) is 1. The fourth-order valence-electron chi connectivity index (χ4n) is 1.65. The molecule has 0 saturated heterocycles. The minimum Gasteiger partial charge on any atom is -0.490 e. The molecule has 0 aromatic heterocycles. The normalized spacial score (nSPS) is 16.9. The molecule has 1 aliphatic rings. The molecule has 1 aliphatic carbocycles. The topological polar surface area (TPSA) is 21.3 Å². The summed E-state index contributed by atoms with van der Waals surface area (Å²) in [5, 5.41) is 4.27. The summed E-state index contributed by atoms with van der Waals surface area (Å²) in [6, 6.07) is 6.56. The van der Waals surface area contributed by atoms with Crippen LogP contribution in [0, 0.1) is 0 Å². The summed E-state index contributed by atoms with van der Waals surface area (Å²) in [5.74, 6) is 0.917. The smallest absolute Gasteiger partial charge is 0.125 e. The van der Waals surface area contributed by atoms with Crippen LogP contribution in [0.1, 0.15) is 38.7 Å². The van der Waals surface area contributed by atoms with Crippen molar-refractivity contribution in [2.24, 2.45) is 0 Å². The zero-order chi connectivity index (χ0) is 12.3. The summed E-state index contributed by atoms with van der Waals surface area (Å²) in [4.78, 5) is 0. The first-order chi connectivity index (χ1) is 8.20. The van der Waals surface area contributed by atoms with E-state index in [-0.39, 0.29) is 6.10 Å². The number of benzene rings is 1. The van der Waals surface area contributed by atoms with Gasteiger partial charge in [0.15, 0.2) is 0 Å². The summed E-state index contributed by atoms with van der Waals surface area (Å²) in [6.45, 7) is 5.01. The lowest BCUT2D eigenvalue weighted by atomic mass is 10.2. The van der Waals surface area contributed by atoms with Crippen LogP contribution < -0.4 is 10.1 Å². The van der Waals surface area contributed by atoms with E-state index in [0.29, 0.717) is 6.04 Å². The summed E-state index contributed by atoms with van der Waals surface area (Å²) < 4.78 is 5.90. The van der Waals surface area contributed by atoms with Crippen LogP contribution in [-0.2, 0) is 6.54 Å². The van der Waals surface area contributed by atoms with E-state index in [0.717, 1.165) is 29.3 Å². The van der Waals surface area contributed by atoms with Crippen LogP contribution in [0.5, 0.6) is 5.75 Å². The van der Waals surface area contributed by atoms with Gasteiger partial charge in [-0.15, -0.1) is 0 Å². The highest BCUT2D eigenvalue weighted by Crippen LogP contribution is 2.29. The van der Waals surface area contributed by atoms with Crippen molar-refractivity contribution in [3.05, 3.63) is 28.8 Å². The Kier molecular flexibility index (Phi) is 4.30. The number of ether oxygens (including phenoxy) is 1. The summed E-state index contributed by atoms with van der Waals surface area (Å²) in [5.41, 5.74) is 1.08. The summed E-state index contributed by atoms with van der Waals surface area (Å²) >= 11 is 6.24. The Morgan fingerprint density at radius 3 is 2.88 bits per heavy atom. The van der Waals surface area contributed by atoms with Crippen molar-refractivity contribution in [1.29, 1.82) is 0 Å². The Bertz CT molecular complexity index is 376. The lowest BCUT2D eigenvalue weighted by Gasteiger charge is -2.17. The zero-order valence-electron chi connectivity index (χ0n) is 10.5. The third-order valence-electron chi connectivity index (χ3n) is 3.12. The monoisotopic (exact) mass is 253 g/mol. The number of hydrogen-bond acceptors (Lipinski definition) is 2. The SMILES string of the molecule is CCC(C)Oc1cccc(Cl)c1CNC1CC1. The van der Waals surface area contributed by atoms with Crippen molar-refractivity contribution in [2.45, 2.75) is 51.8 Å². The van der Waals surface area contributed by atoms with E-state index in [1.165, 1.54) is 12.8 Å². The molecule has 1 aromatic rings. The molecule has 1 unspecified atom stereocenters. The van der Waals surface area contributed by atoms with Gasteiger partial charge in [0.25, 0.3) is 0 Å². The molecule has 2 rings (SSSR count). The van der Waals surface area contributed by atoms with E-state index in [2.05, 4.69) is 19.2 Å². The highest BCUT2D eigenvalue weighted by atomic mass is 35.5. The summed E-state index contributed by atoms with van der Waals surface area (Å²) in [7, 11) is 0. The van der Waals surface area contributed by atoms with Crippen molar-refractivity contribution in [1.82, 2.24) is 5.32 Å². The van der Waals surface area contributed by atoms with Gasteiger partial charge in [-0.25, -0.2) is 0 Å². The van der Waals surface area contributed by atoms with Gasteiger partial charge in [-0.1, -0.05) is 24.6 Å². The Balaban J connectivity index is 2.08. The van der Waals surface area contributed by atoms with Gasteiger partial charge in [-0.05, 0) is 38.3 Å². The Morgan fingerprint density at radius 2 is 2.24 bits per heavy atom. The van der Waals surface area contributed by atoms with Crippen LogP contribution in [0.25, 0.3) is 0 Å². The molecule has 17 heavy (non-hydrogen) atoms. The van der Waals surface area contributed by atoms with Crippen molar-refractivity contribution in [2.75, 3.05) is 0 Å². The van der Waals surface area contributed by atoms with Gasteiger partial charge >= 0.3 is 0 Å². The van der Waals surface area contributed by atoms with Crippen LogP contribution in [0.15, 0.2) is 18.2 Å². The maximum Gasteiger partial charge on any atom is 0.125 e. The van der Waals surface area contributed by atoms with Gasteiger partial charge in [-0.3, -0.25) is 0 Å². The fraction of sp³-hybridized carbons (Fsp3) is 0.571. The lowest BCUT2D eigenvalue weighted by molar-refractivity contribution is 0.215. The second-order valence-corrected chi connectivity index (χ2v) is 5.12. The Hall–Kier alpha value is -0.730. The highest BCUT2D eigenvalue weighted by Gasteiger charge is 2.21. The Morgan fingerprint density at radius 1 is 1.47 bits per heavy atom. The van der Waals surface area contributed by atoms with E-state index >= 15 is 0 Å². The second-order valence-electron chi connectivity index (χ2n) is 4.71. The van der Waals surface area contributed by atoms with Crippen LogP contribution in [0.2, 0.25) is 5.02 Å². The van der Waals surface area contributed by atoms with Crippen LogP contribution in [0.4, 0.5) is 0 Å². The molecule has 1 atom stereocenters. The zero-order valence-corrected chi connectivity index (χ0v) is 11.3. The molecule has 1 N–H and O–H groups in total. The molecule has 0 heterocycles. The molecule has 0 amide bonds. The van der Waals surface area contributed by atoms with E-state index in [1.54, 1.807) is 0 Å². The van der Waals surface area contributed by atoms with Crippen molar-refractivity contribution < 1.29 is 4.74 Å². The van der Waals surface area contributed by atoms with Crippen molar-refractivity contribution in [3.8, 4) is 5.75 Å². The average molecular weight is 254 g/mol. The van der Waals surface area contributed by atoms with Gasteiger partial charge < -0.3 is 10.1 Å². The minimum atomic E-state index is 0.230. The van der Waals surface area contributed by atoms with Gasteiger partial charge in [-0.2, -0.15) is 0 Å². The number of nitrogens with one attached hydrogen (secondary N) is 1. The van der Waals surface area contributed by atoms with Gasteiger partial charge in [0.05, 0.1) is 6.10 Å². The summed E-state index contributed by atoms with van der Waals surface area (Å²) in [6.07, 6.45) is 3.80. The van der Waals surface area contributed by atoms with Crippen LogP contribution in [0.3, 0.4) is 0 Å². The molecule has 94 valence electrons. The molecule has 1 fully saturated rings. The fourth-order valence-corrected chi connectivity index (χ4v) is 1.89. The number of rotatable bonds is 6. The molecule has 1 saturated carbocycles. The maximum absolute atomic E-state index is 6.24. The van der Waals surface area contributed by atoms with E-state index in [1.807, 2.05) is 18.2 Å². The third kappa shape index (κ3) is 3.62. The molecule has 1 aromatic carbocycles. The molecule has 3 heteroatoms. The Labute approximate surface area is 108 Å². The van der Waals surface area contributed by atoms with Gasteiger partial charge in [0.2, 0.25) is 0 Å². The third-order valence-corrected chi connectivity index (χ3v) is 3.48. The minimum absolute atomic E-state index is 0.230. The molecule has 0 radical (unpaired) electrons. The second kappa shape index (κ2) is 5.74. The molecular formula is C14H20ClNO.